The van der Waals surface area contributed by atoms with Crippen LogP contribution in [0.1, 0.15) is 29.7 Å². The van der Waals surface area contributed by atoms with Crippen molar-refractivity contribution in [3.05, 3.63) is 63.1 Å². The van der Waals surface area contributed by atoms with E-state index in [0.29, 0.717) is 0 Å². The highest BCUT2D eigenvalue weighted by molar-refractivity contribution is 9.10. The summed E-state index contributed by atoms with van der Waals surface area (Å²) in [6.45, 7) is 0. The molecule has 2 aromatic carbocycles. The number of nitrogens with two attached hydrogens (primary N) is 1. The van der Waals surface area contributed by atoms with Gasteiger partial charge >= 0.3 is 0 Å². The molecule has 19 heavy (non-hydrogen) atoms. The van der Waals surface area contributed by atoms with Crippen molar-refractivity contribution in [2.45, 2.75) is 18.6 Å². The van der Waals surface area contributed by atoms with Gasteiger partial charge in [-0.25, -0.2) is 0 Å². The number of hydrogen-bond acceptors (Lipinski definition) is 2. The zero-order valence-corrected chi connectivity index (χ0v) is 12.5. The maximum absolute atomic E-state index is 6.25. The van der Waals surface area contributed by atoms with Crippen LogP contribution in [0.2, 0.25) is 5.02 Å². The molecule has 0 aliphatic carbocycles. The second-order valence-electron chi connectivity index (χ2n) is 4.65. The first-order valence-corrected chi connectivity index (χ1v) is 7.28. The van der Waals surface area contributed by atoms with Crippen LogP contribution < -0.4 is 10.5 Å². The lowest BCUT2D eigenvalue weighted by molar-refractivity contribution is 0.161. The first-order chi connectivity index (χ1) is 9.15. The molecule has 1 unspecified atom stereocenters. The van der Waals surface area contributed by atoms with Gasteiger partial charge in [0.15, 0.2) is 0 Å². The highest BCUT2D eigenvalue weighted by atomic mass is 79.9. The third-order valence-corrected chi connectivity index (χ3v) is 4.20. The minimum absolute atomic E-state index is 0.0393. The Morgan fingerprint density at radius 3 is 2.74 bits per heavy atom. The SMILES string of the molecule is N[C@@H]1CC(c2ccccc2Cl)Oc2ccc(Br)cc21. The van der Waals surface area contributed by atoms with E-state index in [1.165, 1.54) is 0 Å². The van der Waals surface area contributed by atoms with Crippen LogP contribution in [-0.4, -0.2) is 0 Å². The van der Waals surface area contributed by atoms with E-state index in [4.69, 9.17) is 22.1 Å². The normalized spacial score (nSPS) is 21.6. The molecule has 0 radical (unpaired) electrons. The fourth-order valence-corrected chi connectivity index (χ4v) is 3.04. The summed E-state index contributed by atoms with van der Waals surface area (Å²) in [7, 11) is 0. The average Bonchev–Trinajstić information content (AvgIpc) is 2.40. The largest absolute Gasteiger partial charge is 0.485 e. The van der Waals surface area contributed by atoms with Crippen molar-refractivity contribution >= 4 is 27.5 Å². The zero-order chi connectivity index (χ0) is 13.4. The molecule has 1 aliphatic rings. The minimum atomic E-state index is -0.0858. The Balaban J connectivity index is 1.97. The molecule has 0 bridgehead atoms. The summed E-state index contributed by atoms with van der Waals surface area (Å²) in [5, 5.41) is 0.722. The number of benzene rings is 2. The lowest BCUT2D eigenvalue weighted by atomic mass is 9.93. The van der Waals surface area contributed by atoms with Crippen LogP contribution in [0.4, 0.5) is 0 Å². The molecule has 0 spiro atoms. The van der Waals surface area contributed by atoms with Gasteiger partial charge in [0.2, 0.25) is 0 Å². The van der Waals surface area contributed by atoms with Gasteiger partial charge in [-0.05, 0) is 24.3 Å². The molecule has 0 aromatic heterocycles. The van der Waals surface area contributed by atoms with Crippen molar-refractivity contribution in [2.75, 3.05) is 0 Å². The van der Waals surface area contributed by atoms with Crippen LogP contribution in [-0.2, 0) is 0 Å². The molecule has 1 heterocycles. The van der Waals surface area contributed by atoms with Gasteiger partial charge in [0.05, 0.1) is 0 Å². The maximum atomic E-state index is 6.25. The van der Waals surface area contributed by atoms with Gasteiger partial charge in [0, 0.05) is 33.1 Å². The molecule has 3 rings (SSSR count). The van der Waals surface area contributed by atoms with Gasteiger partial charge in [0.1, 0.15) is 11.9 Å². The van der Waals surface area contributed by atoms with Crippen molar-refractivity contribution < 1.29 is 4.74 Å². The molecule has 0 saturated heterocycles. The Kier molecular flexibility index (Phi) is 3.52. The standard InChI is InChI=1S/C15H13BrClNO/c16-9-5-6-14-11(7-9)13(18)8-15(19-14)10-3-1-2-4-12(10)17/h1-7,13,15H,8,18H2/t13-,15?/m1/s1. The van der Waals surface area contributed by atoms with Gasteiger partial charge < -0.3 is 10.5 Å². The van der Waals surface area contributed by atoms with Crippen molar-refractivity contribution in [2.24, 2.45) is 5.73 Å². The number of ether oxygens (including phenoxy) is 1. The molecule has 4 heteroatoms. The quantitative estimate of drug-likeness (QED) is 0.823. The molecule has 98 valence electrons. The van der Waals surface area contributed by atoms with Crippen LogP contribution in [0.5, 0.6) is 5.75 Å². The molecule has 2 N–H and O–H groups in total. The molecule has 2 aromatic rings. The smallest absolute Gasteiger partial charge is 0.127 e. The molecule has 2 nitrogen and oxygen atoms in total. The summed E-state index contributed by atoms with van der Waals surface area (Å²) in [4.78, 5) is 0. The Hall–Kier alpha value is -1.03. The van der Waals surface area contributed by atoms with Crippen LogP contribution in [0, 0.1) is 0 Å². The maximum Gasteiger partial charge on any atom is 0.127 e. The second kappa shape index (κ2) is 5.16. The Bertz CT molecular complexity index is 617. The predicted octanol–water partition coefficient (Wildman–Crippen LogP) is 4.63. The van der Waals surface area contributed by atoms with E-state index in [1.807, 2.05) is 42.5 Å². The number of rotatable bonds is 1. The molecule has 0 saturated carbocycles. The Morgan fingerprint density at radius 2 is 1.95 bits per heavy atom. The molecule has 0 amide bonds. The van der Waals surface area contributed by atoms with E-state index < -0.39 is 0 Å². The van der Waals surface area contributed by atoms with E-state index in [9.17, 15) is 0 Å². The van der Waals surface area contributed by atoms with Gasteiger partial charge in [-0.15, -0.1) is 0 Å². The Labute approximate surface area is 125 Å². The number of hydrogen-bond donors (Lipinski definition) is 1. The van der Waals surface area contributed by atoms with E-state index in [-0.39, 0.29) is 12.1 Å². The predicted molar refractivity (Wildman–Crippen MR) is 80.5 cm³/mol. The summed E-state index contributed by atoms with van der Waals surface area (Å²) in [6, 6.07) is 13.6. The van der Waals surface area contributed by atoms with Gasteiger partial charge in [-0.3, -0.25) is 0 Å². The summed E-state index contributed by atoms with van der Waals surface area (Å²) in [5.74, 6) is 0.840. The van der Waals surface area contributed by atoms with Crippen molar-refractivity contribution in [3.8, 4) is 5.75 Å². The summed E-state index contributed by atoms with van der Waals surface area (Å²) >= 11 is 9.69. The fourth-order valence-electron chi connectivity index (χ4n) is 2.40. The lowest BCUT2D eigenvalue weighted by Crippen LogP contribution is -2.24. The summed E-state index contributed by atoms with van der Waals surface area (Å²) in [5.41, 5.74) is 8.28. The molecule has 0 fully saturated rings. The van der Waals surface area contributed by atoms with Crippen LogP contribution in [0.3, 0.4) is 0 Å². The second-order valence-corrected chi connectivity index (χ2v) is 5.98. The van der Waals surface area contributed by atoms with Crippen LogP contribution in [0.15, 0.2) is 46.9 Å². The highest BCUT2D eigenvalue weighted by Gasteiger charge is 2.28. The summed E-state index contributed by atoms with van der Waals surface area (Å²) < 4.78 is 7.05. The highest BCUT2D eigenvalue weighted by Crippen LogP contribution is 2.42. The van der Waals surface area contributed by atoms with Crippen LogP contribution >= 0.6 is 27.5 Å². The van der Waals surface area contributed by atoms with Crippen molar-refractivity contribution in [1.29, 1.82) is 0 Å². The molecular formula is C15H13BrClNO. The third-order valence-electron chi connectivity index (χ3n) is 3.36. The topological polar surface area (TPSA) is 35.2 Å². The molecular weight excluding hydrogens is 326 g/mol. The first-order valence-electron chi connectivity index (χ1n) is 6.11. The lowest BCUT2D eigenvalue weighted by Gasteiger charge is -2.31. The zero-order valence-electron chi connectivity index (χ0n) is 10.1. The first kappa shape index (κ1) is 13.0. The van der Waals surface area contributed by atoms with E-state index in [2.05, 4.69) is 15.9 Å². The number of fused-ring (bicyclic) bond motifs is 1. The third kappa shape index (κ3) is 2.50. The monoisotopic (exact) mass is 337 g/mol. The number of halogens is 2. The van der Waals surface area contributed by atoms with Gasteiger partial charge in [-0.1, -0.05) is 45.7 Å². The van der Waals surface area contributed by atoms with E-state index in [1.54, 1.807) is 0 Å². The summed E-state index contributed by atoms with van der Waals surface area (Å²) in [6.07, 6.45) is 0.644. The molecule has 2 atom stereocenters. The van der Waals surface area contributed by atoms with Crippen LogP contribution in [0.25, 0.3) is 0 Å². The Morgan fingerprint density at radius 1 is 1.16 bits per heavy atom. The van der Waals surface area contributed by atoms with Crippen molar-refractivity contribution in [1.82, 2.24) is 0 Å². The minimum Gasteiger partial charge on any atom is -0.485 e. The average molecular weight is 339 g/mol. The molecule has 1 aliphatic heterocycles. The van der Waals surface area contributed by atoms with Gasteiger partial charge in [-0.2, -0.15) is 0 Å². The van der Waals surface area contributed by atoms with Gasteiger partial charge in [0.25, 0.3) is 0 Å². The van der Waals surface area contributed by atoms with E-state index in [0.717, 1.165) is 32.8 Å². The van der Waals surface area contributed by atoms with E-state index >= 15 is 0 Å². The van der Waals surface area contributed by atoms with Crippen molar-refractivity contribution in [3.63, 3.8) is 0 Å². The fraction of sp³-hybridized carbons (Fsp3) is 0.200.